The molecule has 1 N–H and O–H groups in total. The lowest BCUT2D eigenvalue weighted by Gasteiger charge is -2.39. The van der Waals surface area contributed by atoms with Crippen LogP contribution in [0.25, 0.3) is 0 Å². The van der Waals surface area contributed by atoms with Gasteiger partial charge in [0, 0.05) is 45.5 Å². The molecule has 1 saturated heterocycles. The molecule has 2 amide bonds. The molecule has 0 saturated carbocycles. The zero-order valence-corrected chi connectivity index (χ0v) is 15.7. The van der Waals surface area contributed by atoms with Crippen molar-refractivity contribution in [2.75, 3.05) is 32.7 Å². The third kappa shape index (κ3) is 3.62. The highest BCUT2D eigenvalue weighted by Crippen LogP contribution is 2.21. The predicted molar refractivity (Wildman–Crippen MR) is 103 cm³/mol. The van der Waals surface area contributed by atoms with Gasteiger partial charge in [0.25, 0.3) is 5.91 Å². The van der Waals surface area contributed by atoms with Crippen LogP contribution in [0.1, 0.15) is 28.5 Å². The molecule has 0 aliphatic carbocycles. The van der Waals surface area contributed by atoms with Gasteiger partial charge in [-0.05, 0) is 36.6 Å². The molecule has 2 aliphatic heterocycles. The Balaban J connectivity index is 1.33. The fourth-order valence-electron chi connectivity index (χ4n) is 4.03. The SMILES string of the molecule is C[C@H](C(=O)N1CCN(C(=O)c2ccc[nH]2)CC1)N1CCc2ccccc2C1. The second-order valence-corrected chi connectivity index (χ2v) is 7.37. The highest BCUT2D eigenvalue weighted by molar-refractivity contribution is 5.92. The third-order valence-corrected chi connectivity index (χ3v) is 5.77. The maximum absolute atomic E-state index is 13.0. The Morgan fingerprint density at radius 2 is 1.63 bits per heavy atom. The van der Waals surface area contributed by atoms with Gasteiger partial charge < -0.3 is 14.8 Å². The Morgan fingerprint density at radius 3 is 2.33 bits per heavy atom. The van der Waals surface area contributed by atoms with E-state index in [0.29, 0.717) is 31.9 Å². The van der Waals surface area contributed by atoms with E-state index < -0.39 is 0 Å². The maximum Gasteiger partial charge on any atom is 0.270 e. The van der Waals surface area contributed by atoms with Crippen molar-refractivity contribution in [2.45, 2.75) is 25.9 Å². The number of benzene rings is 1. The van der Waals surface area contributed by atoms with Gasteiger partial charge in [-0.1, -0.05) is 24.3 Å². The lowest BCUT2D eigenvalue weighted by atomic mass is 9.98. The quantitative estimate of drug-likeness (QED) is 0.900. The smallest absolute Gasteiger partial charge is 0.270 e. The summed E-state index contributed by atoms with van der Waals surface area (Å²) in [5, 5.41) is 0. The van der Waals surface area contributed by atoms with Crippen molar-refractivity contribution in [3.8, 4) is 0 Å². The number of aromatic amines is 1. The monoisotopic (exact) mass is 366 g/mol. The first-order valence-corrected chi connectivity index (χ1v) is 9.66. The number of nitrogens with zero attached hydrogens (tertiary/aromatic N) is 3. The number of hydrogen-bond donors (Lipinski definition) is 1. The molecule has 1 aromatic carbocycles. The summed E-state index contributed by atoms with van der Waals surface area (Å²) in [6.45, 7) is 6.11. The Bertz CT molecular complexity index is 809. The first kappa shape index (κ1) is 17.8. The molecule has 3 heterocycles. The van der Waals surface area contributed by atoms with Crippen LogP contribution in [-0.2, 0) is 17.8 Å². The maximum atomic E-state index is 13.0. The normalized spacial score (nSPS) is 18.9. The summed E-state index contributed by atoms with van der Waals surface area (Å²) >= 11 is 0. The lowest BCUT2D eigenvalue weighted by molar-refractivity contribution is -0.138. The van der Waals surface area contributed by atoms with Crippen molar-refractivity contribution in [3.63, 3.8) is 0 Å². The van der Waals surface area contributed by atoms with E-state index in [0.717, 1.165) is 19.5 Å². The Morgan fingerprint density at radius 1 is 0.926 bits per heavy atom. The predicted octanol–water partition coefficient (Wildman–Crippen LogP) is 1.75. The number of amides is 2. The highest BCUT2D eigenvalue weighted by Gasteiger charge is 2.31. The van der Waals surface area contributed by atoms with Crippen molar-refractivity contribution < 1.29 is 9.59 Å². The van der Waals surface area contributed by atoms with E-state index in [-0.39, 0.29) is 17.9 Å². The molecular weight excluding hydrogens is 340 g/mol. The van der Waals surface area contributed by atoms with Crippen LogP contribution in [-0.4, -0.2) is 70.3 Å². The highest BCUT2D eigenvalue weighted by atomic mass is 16.2. The molecular formula is C21H26N4O2. The van der Waals surface area contributed by atoms with E-state index in [2.05, 4.69) is 34.1 Å². The summed E-state index contributed by atoms with van der Waals surface area (Å²) in [4.78, 5) is 34.4. The molecule has 142 valence electrons. The van der Waals surface area contributed by atoms with Crippen molar-refractivity contribution in [1.82, 2.24) is 19.7 Å². The number of piperazine rings is 1. The van der Waals surface area contributed by atoms with E-state index in [1.54, 1.807) is 12.3 Å². The van der Waals surface area contributed by atoms with Gasteiger partial charge in [0.1, 0.15) is 5.69 Å². The molecule has 2 aliphatic rings. The van der Waals surface area contributed by atoms with E-state index in [4.69, 9.17) is 0 Å². The van der Waals surface area contributed by atoms with E-state index in [9.17, 15) is 9.59 Å². The second-order valence-electron chi connectivity index (χ2n) is 7.37. The van der Waals surface area contributed by atoms with Crippen molar-refractivity contribution in [1.29, 1.82) is 0 Å². The molecule has 0 radical (unpaired) electrons. The van der Waals surface area contributed by atoms with Crippen molar-refractivity contribution >= 4 is 11.8 Å². The molecule has 6 nitrogen and oxygen atoms in total. The minimum Gasteiger partial charge on any atom is -0.357 e. The number of aromatic nitrogens is 1. The molecule has 0 bridgehead atoms. The fourth-order valence-corrected chi connectivity index (χ4v) is 4.03. The van der Waals surface area contributed by atoms with E-state index >= 15 is 0 Å². The van der Waals surface area contributed by atoms with Crippen LogP contribution in [0.4, 0.5) is 0 Å². The number of nitrogens with one attached hydrogen (secondary N) is 1. The van der Waals surface area contributed by atoms with Crippen LogP contribution in [0.15, 0.2) is 42.6 Å². The third-order valence-electron chi connectivity index (χ3n) is 5.77. The molecule has 0 unspecified atom stereocenters. The van der Waals surface area contributed by atoms with E-state index in [1.165, 1.54) is 11.1 Å². The first-order chi connectivity index (χ1) is 13.1. The average Bonchev–Trinajstić information content (AvgIpc) is 3.27. The minimum absolute atomic E-state index is 0.00721. The van der Waals surface area contributed by atoms with Gasteiger partial charge >= 0.3 is 0 Å². The summed E-state index contributed by atoms with van der Waals surface area (Å²) in [5.74, 6) is 0.175. The van der Waals surface area contributed by atoms with Crippen LogP contribution in [0.5, 0.6) is 0 Å². The summed E-state index contributed by atoms with van der Waals surface area (Å²) in [6.07, 6.45) is 2.75. The van der Waals surface area contributed by atoms with Gasteiger partial charge in [-0.15, -0.1) is 0 Å². The summed E-state index contributed by atoms with van der Waals surface area (Å²) < 4.78 is 0. The summed E-state index contributed by atoms with van der Waals surface area (Å²) in [7, 11) is 0. The minimum atomic E-state index is -0.135. The van der Waals surface area contributed by atoms with Gasteiger partial charge in [0.15, 0.2) is 0 Å². The number of carbonyl (C=O) groups is 2. The van der Waals surface area contributed by atoms with Gasteiger partial charge in [-0.2, -0.15) is 0 Å². The molecule has 6 heteroatoms. The molecule has 0 spiro atoms. The van der Waals surface area contributed by atoms with Gasteiger partial charge in [0.2, 0.25) is 5.91 Å². The lowest BCUT2D eigenvalue weighted by Crippen LogP contribution is -2.55. The summed E-state index contributed by atoms with van der Waals surface area (Å²) in [6, 6.07) is 12.0. The Kier molecular flexibility index (Phi) is 4.99. The largest absolute Gasteiger partial charge is 0.357 e. The molecule has 2 aromatic rings. The molecule has 1 fully saturated rings. The Hall–Kier alpha value is -2.60. The topological polar surface area (TPSA) is 59.7 Å². The van der Waals surface area contributed by atoms with Crippen LogP contribution >= 0.6 is 0 Å². The number of rotatable bonds is 3. The molecule has 4 rings (SSSR count). The standard InChI is InChI=1S/C21H26N4O2/c1-16(25-10-8-17-5-2-3-6-18(17)15-25)20(26)23-11-13-24(14-12-23)21(27)19-7-4-9-22-19/h2-7,9,16,22H,8,10-15H2,1H3/t16-/m1/s1. The van der Waals surface area contributed by atoms with Crippen LogP contribution in [0.3, 0.4) is 0 Å². The van der Waals surface area contributed by atoms with Crippen LogP contribution in [0.2, 0.25) is 0 Å². The molecule has 27 heavy (non-hydrogen) atoms. The first-order valence-electron chi connectivity index (χ1n) is 9.66. The average molecular weight is 366 g/mol. The fraction of sp³-hybridized carbons (Fsp3) is 0.429. The van der Waals surface area contributed by atoms with Crippen molar-refractivity contribution in [3.05, 3.63) is 59.4 Å². The summed E-state index contributed by atoms with van der Waals surface area (Å²) in [5.41, 5.74) is 3.32. The van der Waals surface area contributed by atoms with Gasteiger partial charge in [-0.3, -0.25) is 14.5 Å². The number of H-pyrrole nitrogens is 1. The van der Waals surface area contributed by atoms with Crippen LogP contribution < -0.4 is 0 Å². The zero-order chi connectivity index (χ0) is 18.8. The number of carbonyl (C=O) groups excluding carboxylic acids is 2. The second kappa shape index (κ2) is 7.56. The molecule has 1 atom stereocenters. The molecule has 1 aromatic heterocycles. The van der Waals surface area contributed by atoms with Gasteiger partial charge in [0.05, 0.1) is 6.04 Å². The number of hydrogen-bond acceptors (Lipinski definition) is 3. The van der Waals surface area contributed by atoms with Crippen molar-refractivity contribution in [2.24, 2.45) is 0 Å². The zero-order valence-electron chi connectivity index (χ0n) is 15.7. The van der Waals surface area contributed by atoms with Crippen LogP contribution in [0, 0.1) is 0 Å². The Labute approximate surface area is 159 Å². The number of fused-ring (bicyclic) bond motifs is 1. The van der Waals surface area contributed by atoms with Gasteiger partial charge in [-0.25, -0.2) is 0 Å². The van der Waals surface area contributed by atoms with E-state index in [1.807, 2.05) is 22.8 Å².